The first-order valence-electron chi connectivity index (χ1n) is 10.4. The molecule has 0 spiro atoms. The Hall–Kier alpha value is -2.15. The Bertz CT molecular complexity index is 798. The van der Waals surface area contributed by atoms with Crippen LogP contribution >= 0.6 is 11.8 Å². The van der Waals surface area contributed by atoms with Crippen molar-refractivity contribution >= 4 is 35.5 Å². The molecule has 1 saturated heterocycles. The summed E-state index contributed by atoms with van der Waals surface area (Å²) < 4.78 is 0. The summed E-state index contributed by atoms with van der Waals surface area (Å²) in [7, 11) is 0. The van der Waals surface area contributed by atoms with Crippen LogP contribution in [-0.2, 0) is 19.2 Å². The number of rotatable bonds is 12. The minimum Gasteiger partial charge on any atom is -0.477 e. The van der Waals surface area contributed by atoms with Gasteiger partial charge in [0.2, 0.25) is 17.7 Å². The molecule has 2 rings (SSSR count). The fourth-order valence-electron chi connectivity index (χ4n) is 3.65. The molecule has 2 heterocycles. The zero-order valence-electron chi connectivity index (χ0n) is 18.3. The molecule has 32 heavy (non-hydrogen) atoms. The Labute approximate surface area is 190 Å². The van der Waals surface area contributed by atoms with E-state index in [0.717, 1.165) is 0 Å². The molecule has 0 bridgehead atoms. The minimum absolute atomic E-state index is 0.00776. The highest BCUT2D eigenvalue weighted by Crippen LogP contribution is 2.46. The first-order valence-corrected chi connectivity index (χ1v) is 11.3. The number of aliphatic hydroxyl groups excluding tert-OH is 3. The lowest BCUT2D eigenvalue weighted by Crippen LogP contribution is -2.61. The van der Waals surface area contributed by atoms with E-state index in [1.165, 1.54) is 23.6 Å². The van der Waals surface area contributed by atoms with Gasteiger partial charge in [0.05, 0.1) is 24.7 Å². The molecule has 6 N–H and O–H groups in total. The highest BCUT2D eigenvalue weighted by Gasteiger charge is 2.56. The lowest BCUT2D eigenvalue weighted by Gasteiger charge is -2.44. The zero-order chi connectivity index (χ0) is 24.2. The predicted octanol–water partition coefficient (Wildman–Crippen LogP) is -1.37. The lowest BCUT2D eigenvalue weighted by molar-refractivity contribution is -0.161. The number of fused-ring (bicyclic) bond motifs is 1. The van der Waals surface area contributed by atoms with Gasteiger partial charge in [-0.1, -0.05) is 13.8 Å². The normalized spacial score (nSPS) is 22.2. The maximum absolute atomic E-state index is 12.2. The quantitative estimate of drug-likeness (QED) is 0.147. The summed E-state index contributed by atoms with van der Waals surface area (Å²) >= 11 is 1.25. The van der Waals surface area contributed by atoms with Crippen LogP contribution in [0.1, 0.15) is 33.6 Å². The second-order valence-electron chi connectivity index (χ2n) is 8.61. The Morgan fingerprint density at radius 3 is 2.44 bits per heavy atom. The summed E-state index contributed by atoms with van der Waals surface area (Å²) in [6.07, 6.45) is -1.90. The minimum atomic E-state index is -1.40. The number of amides is 3. The van der Waals surface area contributed by atoms with E-state index in [0.29, 0.717) is 17.1 Å². The monoisotopic (exact) mass is 473 g/mol. The van der Waals surface area contributed by atoms with Crippen LogP contribution in [0.5, 0.6) is 0 Å². The van der Waals surface area contributed by atoms with E-state index < -0.39 is 35.4 Å². The first kappa shape index (κ1) is 26.1. The zero-order valence-corrected chi connectivity index (χ0v) is 19.1. The Balaban J connectivity index is 1.73. The largest absolute Gasteiger partial charge is 0.477 e. The third kappa shape index (κ3) is 5.61. The molecule has 2 aliphatic rings. The number of hydrogen-bond acceptors (Lipinski definition) is 8. The molecule has 0 aromatic rings. The molecule has 1 fully saturated rings. The maximum atomic E-state index is 12.2. The van der Waals surface area contributed by atoms with Crippen LogP contribution in [0.15, 0.2) is 10.6 Å². The van der Waals surface area contributed by atoms with Gasteiger partial charge in [0.15, 0.2) is 0 Å². The van der Waals surface area contributed by atoms with Crippen LogP contribution in [0.25, 0.3) is 0 Å². The fraction of sp³-hybridized carbons (Fsp3) is 0.700. The van der Waals surface area contributed by atoms with Crippen LogP contribution in [-0.4, -0.2) is 92.7 Å². The number of hydrogen-bond donors (Lipinski definition) is 6. The number of nitrogens with one attached hydrogen (secondary N) is 2. The summed E-state index contributed by atoms with van der Waals surface area (Å²) in [4.78, 5) is 49.3. The Morgan fingerprint density at radius 2 is 1.88 bits per heavy atom. The van der Waals surface area contributed by atoms with Gasteiger partial charge < -0.3 is 36.0 Å². The van der Waals surface area contributed by atoms with Crippen molar-refractivity contribution in [3.05, 3.63) is 10.6 Å². The van der Waals surface area contributed by atoms with Crippen molar-refractivity contribution in [2.45, 2.75) is 51.9 Å². The van der Waals surface area contributed by atoms with Gasteiger partial charge in [-0.25, -0.2) is 4.79 Å². The van der Waals surface area contributed by atoms with E-state index in [1.807, 2.05) is 0 Å². The number of aliphatic carboxylic acids is 1. The molecule has 0 radical (unpaired) electrons. The van der Waals surface area contributed by atoms with Crippen molar-refractivity contribution in [3.8, 4) is 0 Å². The number of carbonyl (C=O) groups is 4. The van der Waals surface area contributed by atoms with Crippen molar-refractivity contribution in [2.75, 3.05) is 25.4 Å². The summed E-state index contributed by atoms with van der Waals surface area (Å²) in [5.74, 6) is -2.79. The number of β-lactam (4-membered cyclic amide) rings is 1. The van der Waals surface area contributed by atoms with Crippen LogP contribution < -0.4 is 10.6 Å². The summed E-state index contributed by atoms with van der Waals surface area (Å²) in [6, 6.07) is -0.347. The number of thioether (sulfide) groups is 1. The molecular weight excluding hydrogens is 442 g/mol. The Morgan fingerprint density at radius 1 is 1.22 bits per heavy atom. The molecule has 0 aromatic heterocycles. The number of carboxylic acid groups (broad SMARTS) is 1. The molecule has 180 valence electrons. The van der Waals surface area contributed by atoms with Gasteiger partial charge in [-0.15, -0.1) is 11.8 Å². The van der Waals surface area contributed by atoms with Gasteiger partial charge in [-0.2, -0.15) is 0 Å². The van der Waals surface area contributed by atoms with Gasteiger partial charge in [-0.3, -0.25) is 14.4 Å². The van der Waals surface area contributed by atoms with Gasteiger partial charge in [0.1, 0.15) is 11.8 Å². The molecule has 3 amide bonds. The van der Waals surface area contributed by atoms with E-state index in [9.17, 15) is 39.6 Å². The standard InChI is InChI=1S/C20H31N3O8S/c1-10(25)14-11-8-12(15(19(30)31)23(11)18(14)29)32-7-6-21-13(26)4-5-22-17(28)16(27)20(2,3)9-24/h10-11,14,16,24-25,27H,4-9H2,1-3H3,(H,21,26)(H,22,28)(H,30,31)/t10-,11+,14+,16-/m0/s1. The molecule has 11 nitrogen and oxygen atoms in total. The van der Waals surface area contributed by atoms with Crippen molar-refractivity contribution in [2.24, 2.45) is 11.3 Å². The maximum Gasteiger partial charge on any atom is 0.353 e. The molecule has 0 aliphatic carbocycles. The molecular formula is C20H31N3O8S. The van der Waals surface area contributed by atoms with Crippen LogP contribution in [0.3, 0.4) is 0 Å². The predicted molar refractivity (Wildman–Crippen MR) is 115 cm³/mol. The second-order valence-corrected chi connectivity index (χ2v) is 9.80. The third-order valence-corrected chi connectivity index (χ3v) is 6.76. The first-order chi connectivity index (χ1) is 14.9. The van der Waals surface area contributed by atoms with Crippen molar-refractivity contribution < 1.29 is 39.6 Å². The molecule has 2 aliphatic heterocycles. The average Bonchev–Trinajstić information content (AvgIpc) is 3.04. The summed E-state index contributed by atoms with van der Waals surface area (Å²) in [5, 5.41) is 43.4. The van der Waals surface area contributed by atoms with Crippen molar-refractivity contribution in [1.29, 1.82) is 0 Å². The van der Waals surface area contributed by atoms with Crippen LogP contribution in [0.4, 0.5) is 0 Å². The van der Waals surface area contributed by atoms with Crippen LogP contribution in [0, 0.1) is 11.3 Å². The number of aliphatic hydroxyl groups is 3. The van der Waals surface area contributed by atoms with E-state index in [-0.39, 0.29) is 49.7 Å². The van der Waals surface area contributed by atoms with Gasteiger partial charge in [-0.05, 0) is 6.92 Å². The fourth-order valence-corrected chi connectivity index (χ4v) is 4.71. The van der Waals surface area contributed by atoms with Gasteiger partial charge in [0, 0.05) is 42.0 Å². The van der Waals surface area contributed by atoms with E-state index in [1.54, 1.807) is 13.8 Å². The van der Waals surface area contributed by atoms with Gasteiger partial charge >= 0.3 is 5.97 Å². The van der Waals surface area contributed by atoms with Gasteiger partial charge in [0.25, 0.3) is 0 Å². The van der Waals surface area contributed by atoms with E-state index in [2.05, 4.69) is 10.6 Å². The molecule has 12 heteroatoms. The second kappa shape index (κ2) is 10.6. The van der Waals surface area contributed by atoms with Crippen LogP contribution in [0.2, 0.25) is 0 Å². The van der Waals surface area contributed by atoms with E-state index in [4.69, 9.17) is 0 Å². The molecule has 0 aromatic carbocycles. The lowest BCUT2D eigenvalue weighted by atomic mass is 9.83. The average molecular weight is 474 g/mol. The topological polar surface area (TPSA) is 176 Å². The number of carboxylic acids is 1. The highest BCUT2D eigenvalue weighted by atomic mass is 32.2. The number of carbonyl (C=O) groups excluding carboxylic acids is 3. The van der Waals surface area contributed by atoms with E-state index >= 15 is 0 Å². The Kier molecular flexibility index (Phi) is 8.68. The van der Waals surface area contributed by atoms with Crippen molar-refractivity contribution in [1.82, 2.24) is 15.5 Å². The summed E-state index contributed by atoms with van der Waals surface area (Å²) in [6.45, 7) is 4.50. The molecule has 4 atom stereocenters. The third-order valence-electron chi connectivity index (χ3n) is 5.64. The smallest absolute Gasteiger partial charge is 0.353 e. The summed E-state index contributed by atoms with van der Waals surface area (Å²) in [5.41, 5.74) is -1.05. The molecule has 0 saturated carbocycles. The highest BCUT2D eigenvalue weighted by molar-refractivity contribution is 8.03. The SMILES string of the molecule is C[C@H](O)[C@H]1C(=O)N2C(C(=O)O)=C(SCCNC(=O)CCNC(=O)[C@H](O)C(C)(C)CO)C[C@H]12. The number of nitrogens with zero attached hydrogens (tertiary/aromatic N) is 1. The van der Waals surface area contributed by atoms with Crippen molar-refractivity contribution in [3.63, 3.8) is 0 Å². The molecule has 0 unspecified atom stereocenters.